The first kappa shape index (κ1) is 17.6. The summed E-state index contributed by atoms with van der Waals surface area (Å²) in [6.07, 6.45) is 0.697. The van der Waals surface area contributed by atoms with Crippen LogP contribution in [0.5, 0.6) is 11.5 Å². The zero-order valence-electron chi connectivity index (χ0n) is 14.4. The molecule has 0 fully saturated rings. The van der Waals surface area contributed by atoms with Crippen LogP contribution in [0.1, 0.15) is 25.0 Å². The SMILES string of the molecule is [CH2]c1cccc(N(CC(C)C)S(=O)(=O)c2ccc3c(c2)CCO3)c1O. The number of rotatable bonds is 5. The summed E-state index contributed by atoms with van der Waals surface area (Å²) in [7, 11) is -3.82. The Hall–Kier alpha value is -2.21. The molecule has 2 aromatic rings. The number of aromatic hydroxyl groups is 1. The first-order valence-electron chi connectivity index (χ1n) is 8.23. The number of phenolic OH excluding ortho intramolecular Hbond substituents is 1. The molecule has 1 radical (unpaired) electrons. The zero-order valence-corrected chi connectivity index (χ0v) is 15.2. The van der Waals surface area contributed by atoms with Gasteiger partial charge in [-0.3, -0.25) is 4.31 Å². The van der Waals surface area contributed by atoms with Gasteiger partial charge in [0.1, 0.15) is 11.5 Å². The monoisotopic (exact) mass is 360 g/mol. The van der Waals surface area contributed by atoms with Crippen LogP contribution in [0.4, 0.5) is 5.69 Å². The summed E-state index contributed by atoms with van der Waals surface area (Å²) in [4.78, 5) is 0.200. The second-order valence-electron chi connectivity index (χ2n) is 6.58. The third kappa shape index (κ3) is 3.31. The van der Waals surface area contributed by atoms with Gasteiger partial charge in [-0.25, -0.2) is 8.42 Å². The van der Waals surface area contributed by atoms with Crippen LogP contribution in [0, 0.1) is 12.8 Å². The summed E-state index contributed by atoms with van der Waals surface area (Å²) in [6, 6.07) is 9.84. The van der Waals surface area contributed by atoms with Gasteiger partial charge in [0, 0.05) is 13.0 Å². The Bertz CT molecular complexity index is 890. The molecular formula is C19H22NO4S. The van der Waals surface area contributed by atoms with Gasteiger partial charge in [0.25, 0.3) is 10.0 Å². The van der Waals surface area contributed by atoms with Crippen molar-refractivity contribution in [2.75, 3.05) is 17.5 Å². The lowest BCUT2D eigenvalue weighted by Crippen LogP contribution is -2.34. The fourth-order valence-corrected chi connectivity index (χ4v) is 4.57. The molecule has 3 rings (SSSR count). The molecule has 133 valence electrons. The van der Waals surface area contributed by atoms with Gasteiger partial charge in [-0.15, -0.1) is 0 Å². The van der Waals surface area contributed by atoms with Crippen LogP contribution in [-0.2, 0) is 16.4 Å². The maximum atomic E-state index is 13.3. The van der Waals surface area contributed by atoms with Crippen molar-refractivity contribution in [3.63, 3.8) is 0 Å². The Morgan fingerprint density at radius 3 is 2.76 bits per heavy atom. The predicted octanol–water partition coefficient (Wildman–Crippen LogP) is 3.36. The van der Waals surface area contributed by atoms with Gasteiger partial charge in [0.15, 0.2) is 0 Å². The Balaban J connectivity index is 2.10. The molecule has 25 heavy (non-hydrogen) atoms. The number of sulfonamides is 1. The number of fused-ring (bicyclic) bond motifs is 1. The molecule has 6 heteroatoms. The molecule has 0 saturated carbocycles. The summed E-state index contributed by atoms with van der Waals surface area (Å²) in [5, 5.41) is 10.4. The number of nitrogens with zero attached hydrogens (tertiary/aromatic N) is 1. The summed E-state index contributed by atoms with van der Waals surface area (Å²) in [6.45, 7) is 8.45. The second-order valence-corrected chi connectivity index (χ2v) is 8.45. The topological polar surface area (TPSA) is 66.8 Å². The lowest BCUT2D eigenvalue weighted by molar-refractivity contribution is 0.356. The van der Waals surface area contributed by atoms with E-state index < -0.39 is 10.0 Å². The van der Waals surface area contributed by atoms with E-state index in [1.807, 2.05) is 13.8 Å². The second kappa shape index (κ2) is 6.59. The van der Waals surface area contributed by atoms with Crippen molar-refractivity contribution in [1.29, 1.82) is 0 Å². The Morgan fingerprint density at radius 2 is 2.04 bits per heavy atom. The van der Waals surface area contributed by atoms with Crippen LogP contribution in [0.15, 0.2) is 41.3 Å². The van der Waals surface area contributed by atoms with Crippen molar-refractivity contribution >= 4 is 15.7 Å². The highest BCUT2D eigenvalue weighted by atomic mass is 32.2. The number of anilines is 1. The van der Waals surface area contributed by atoms with E-state index in [4.69, 9.17) is 4.74 Å². The highest BCUT2D eigenvalue weighted by molar-refractivity contribution is 7.92. The third-order valence-electron chi connectivity index (χ3n) is 4.15. The van der Waals surface area contributed by atoms with Crippen molar-refractivity contribution in [2.24, 2.45) is 5.92 Å². The Morgan fingerprint density at radius 1 is 1.28 bits per heavy atom. The Kier molecular flexibility index (Phi) is 4.64. The van der Waals surface area contributed by atoms with Crippen LogP contribution >= 0.6 is 0 Å². The maximum absolute atomic E-state index is 13.3. The predicted molar refractivity (Wildman–Crippen MR) is 97.6 cm³/mol. The summed E-state index contributed by atoms with van der Waals surface area (Å²) >= 11 is 0. The Labute approximate surface area is 148 Å². The summed E-state index contributed by atoms with van der Waals surface area (Å²) < 4.78 is 33.3. The van der Waals surface area contributed by atoms with E-state index in [1.54, 1.807) is 36.4 Å². The molecule has 0 saturated heterocycles. The van der Waals surface area contributed by atoms with Crippen molar-refractivity contribution in [2.45, 2.75) is 25.2 Å². The van der Waals surface area contributed by atoms with Gasteiger partial charge < -0.3 is 9.84 Å². The standard InChI is InChI=1S/C19H22NO4S/c1-13(2)12-20(17-6-4-5-14(3)19(17)21)25(22,23)16-7-8-18-15(11-16)9-10-24-18/h4-8,11,13,21H,3,9-10,12H2,1-2H3. The molecule has 0 bridgehead atoms. The van der Waals surface area contributed by atoms with E-state index in [-0.39, 0.29) is 28.8 Å². The van der Waals surface area contributed by atoms with Crippen molar-refractivity contribution in [3.05, 3.63) is 54.4 Å². The average Bonchev–Trinajstić information content (AvgIpc) is 3.03. The van der Waals surface area contributed by atoms with Crippen molar-refractivity contribution in [1.82, 2.24) is 0 Å². The lowest BCUT2D eigenvalue weighted by atomic mass is 10.1. The third-order valence-corrected chi connectivity index (χ3v) is 5.92. The smallest absolute Gasteiger partial charge is 0.264 e. The number of benzene rings is 2. The number of hydrogen-bond donors (Lipinski definition) is 1. The number of ether oxygens (including phenoxy) is 1. The molecule has 1 heterocycles. The van der Waals surface area contributed by atoms with E-state index >= 15 is 0 Å². The highest BCUT2D eigenvalue weighted by Gasteiger charge is 2.29. The van der Waals surface area contributed by atoms with E-state index in [9.17, 15) is 13.5 Å². The van der Waals surface area contributed by atoms with Gasteiger partial charge in [0.2, 0.25) is 0 Å². The van der Waals surface area contributed by atoms with Gasteiger partial charge in [-0.05, 0) is 48.2 Å². The van der Waals surface area contributed by atoms with Crippen LogP contribution in [0.3, 0.4) is 0 Å². The molecule has 1 aliphatic rings. The van der Waals surface area contributed by atoms with Crippen LogP contribution in [0.25, 0.3) is 0 Å². The summed E-state index contributed by atoms with van der Waals surface area (Å²) in [5.41, 5.74) is 1.53. The van der Waals surface area contributed by atoms with Crippen molar-refractivity contribution < 1.29 is 18.3 Å². The molecule has 0 amide bonds. The molecule has 5 nitrogen and oxygen atoms in total. The summed E-state index contributed by atoms with van der Waals surface area (Å²) in [5.74, 6) is 0.702. The van der Waals surface area contributed by atoms with Gasteiger partial charge in [-0.2, -0.15) is 0 Å². The van der Waals surface area contributed by atoms with Gasteiger partial charge >= 0.3 is 0 Å². The molecule has 2 aromatic carbocycles. The molecule has 0 unspecified atom stereocenters. The minimum Gasteiger partial charge on any atom is -0.505 e. The van der Waals surface area contributed by atoms with Gasteiger partial charge in [0.05, 0.1) is 17.2 Å². The maximum Gasteiger partial charge on any atom is 0.264 e. The first-order chi connectivity index (χ1) is 11.8. The number of para-hydroxylation sites is 1. The van der Waals surface area contributed by atoms with E-state index in [0.717, 1.165) is 11.3 Å². The first-order valence-corrected chi connectivity index (χ1v) is 9.67. The van der Waals surface area contributed by atoms with Crippen LogP contribution in [0.2, 0.25) is 0 Å². The van der Waals surface area contributed by atoms with Crippen molar-refractivity contribution in [3.8, 4) is 11.5 Å². The quantitative estimate of drug-likeness (QED) is 0.888. The minimum atomic E-state index is -3.82. The van der Waals surface area contributed by atoms with Crippen LogP contribution in [-0.4, -0.2) is 26.7 Å². The minimum absolute atomic E-state index is 0.0837. The van der Waals surface area contributed by atoms with Crippen LogP contribution < -0.4 is 9.04 Å². The van der Waals surface area contributed by atoms with E-state index in [2.05, 4.69) is 6.92 Å². The van der Waals surface area contributed by atoms with E-state index in [1.165, 1.54) is 4.31 Å². The fraction of sp³-hybridized carbons (Fsp3) is 0.316. The normalized spacial score (nSPS) is 13.6. The molecule has 1 aliphatic heterocycles. The largest absolute Gasteiger partial charge is 0.505 e. The lowest BCUT2D eigenvalue weighted by Gasteiger charge is -2.27. The molecule has 0 aromatic heterocycles. The van der Waals surface area contributed by atoms with E-state index in [0.29, 0.717) is 18.6 Å². The van der Waals surface area contributed by atoms with Gasteiger partial charge in [-0.1, -0.05) is 26.0 Å². The fourth-order valence-electron chi connectivity index (χ4n) is 2.89. The molecular weight excluding hydrogens is 338 g/mol. The molecule has 1 N–H and O–H groups in total. The number of hydrogen-bond acceptors (Lipinski definition) is 4. The molecule has 0 atom stereocenters. The molecule has 0 aliphatic carbocycles. The highest BCUT2D eigenvalue weighted by Crippen LogP contribution is 2.36. The number of phenols is 1. The molecule has 0 spiro atoms. The average molecular weight is 360 g/mol. The zero-order chi connectivity index (χ0) is 18.2.